The van der Waals surface area contributed by atoms with Crippen molar-refractivity contribution in [3.8, 4) is 0 Å². The number of halogens is 2. The highest BCUT2D eigenvalue weighted by Gasteiger charge is 2.20. The van der Waals surface area contributed by atoms with Gasteiger partial charge in [0.05, 0.1) is 16.6 Å². The summed E-state index contributed by atoms with van der Waals surface area (Å²) in [6.07, 6.45) is 0. The lowest BCUT2D eigenvalue weighted by Gasteiger charge is -2.18. The summed E-state index contributed by atoms with van der Waals surface area (Å²) in [7, 11) is 0. The van der Waals surface area contributed by atoms with Crippen molar-refractivity contribution >= 4 is 40.4 Å². The van der Waals surface area contributed by atoms with Crippen molar-refractivity contribution in [2.45, 2.75) is 6.04 Å². The molecule has 2 aromatic carbocycles. The molecule has 23 heavy (non-hydrogen) atoms. The Bertz CT molecular complexity index is 803. The SMILES string of the molecule is O=C(NC(c1ccccc1)c1cccs1)c1cc(Cl)ccc1Cl. The molecule has 1 N–H and O–H groups in total. The number of thiophene rings is 1. The Morgan fingerprint density at radius 3 is 2.48 bits per heavy atom. The van der Waals surface area contributed by atoms with Gasteiger partial charge in [0, 0.05) is 9.90 Å². The highest BCUT2D eigenvalue weighted by atomic mass is 35.5. The third-order valence-electron chi connectivity index (χ3n) is 3.41. The second-order valence-corrected chi connectivity index (χ2v) is 6.78. The van der Waals surface area contributed by atoms with Crippen molar-refractivity contribution in [2.24, 2.45) is 0 Å². The zero-order valence-electron chi connectivity index (χ0n) is 12.0. The minimum absolute atomic E-state index is 0.223. The number of rotatable bonds is 4. The quantitative estimate of drug-likeness (QED) is 0.646. The van der Waals surface area contributed by atoms with E-state index in [4.69, 9.17) is 23.2 Å². The minimum Gasteiger partial charge on any atom is -0.340 e. The molecule has 0 aliphatic carbocycles. The molecule has 0 saturated carbocycles. The van der Waals surface area contributed by atoms with Crippen molar-refractivity contribution in [3.05, 3.63) is 92.1 Å². The van der Waals surface area contributed by atoms with Gasteiger partial charge in [-0.25, -0.2) is 0 Å². The molecular weight excluding hydrogens is 349 g/mol. The number of hydrogen-bond acceptors (Lipinski definition) is 2. The number of nitrogens with one attached hydrogen (secondary N) is 1. The summed E-state index contributed by atoms with van der Waals surface area (Å²) >= 11 is 13.7. The zero-order valence-corrected chi connectivity index (χ0v) is 14.3. The second kappa shape index (κ2) is 7.18. The van der Waals surface area contributed by atoms with Crippen LogP contribution in [0.25, 0.3) is 0 Å². The molecule has 0 bridgehead atoms. The van der Waals surface area contributed by atoms with Gasteiger partial charge in [-0.2, -0.15) is 0 Å². The van der Waals surface area contributed by atoms with E-state index in [9.17, 15) is 4.79 Å². The van der Waals surface area contributed by atoms with Crippen LogP contribution in [0.15, 0.2) is 66.0 Å². The molecule has 1 aromatic heterocycles. The zero-order chi connectivity index (χ0) is 16.2. The van der Waals surface area contributed by atoms with Crippen LogP contribution in [-0.2, 0) is 0 Å². The van der Waals surface area contributed by atoms with E-state index in [0.717, 1.165) is 10.4 Å². The van der Waals surface area contributed by atoms with Crippen LogP contribution in [0.3, 0.4) is 0 Å². The minimum atomic E-state index is -0.250. The maximum atomic E-state index is 12.6. The first-order valence-electron chi connectivity index (χ1n) is 6.99. The van der Waals surface area contributed by atoms with E-state index in [1.54, 1.807) is 29.5 Å². The third-order valence-corrected chi connectivity index (χ3v) is 4.91. The topological polar surface area (TPSA) is 29.1 Å². The highest BCUT2D eigenvalue weighted by Crippen LogP contribution is 2.27. The summed E-state index contributed by atoms with van der Waals surface area (Å²) in [4.78, 5) is 13.7. The largest absolute Gasteiger partial charge is 0.340 e. The molecule has 2 nitrogen and oxygen atoms in total. The van der Waals surface area contributed by atoms with Gasteiger partial charge in [0.1, 0.15) is 0 Å². The van der Waals surface area contributed by atoms with E-state index in [1.807, 2.05) is 47.8 Å². The van der Waals surface area contributed by atoms with Crippen LogP contribution in [0.5, 0.6) is 0 Å². The Labute approximate surface area is 148 Å². The fraction of sp³-hybridized carbons (Fsp3) is 0.0556. The number of benzene rings is 2. The molecule has 1 atom stereocenters. The third kappa shape index (κ3) is 3.75. The van der Waals surface area contributed by atoms with E-state index < -0.39 is 0 Å². The van der Waals surface area contributed by atoms with Gasteiger partial charge >= 0.3 is 0 Å². The fourth-order valence-electron chi connectivity index (χ4n) is 2.30. The van der Waals surface area contributed by atoms with Gasteiger partial charge in [-0.15, -0.1) is 11.3 Å². The lowest BCUT2D eigenvalue weighted by atomic mass is 10.0. The number of carbonyl (C=O) groups excluding carboxylic acids is 1. The predicted octanol–water partition coefficient (Wildman–Crippen LogP) is 5.57. The van der Waals surface area contributed by atoms with Gasteiger partial charge in [-0.05, 0) is 35.2 Å². The van der Waals surface area contributed by atoms with E-state index >= 15 is 0 Å². The molecule has 3 rings (SSSR count). The summed E-state index contributed by atoms with van der Waals surface area (Å²) in [5, 5.41) is 5.90. The summed E-state index contributed by atoms with van der Waals surface area (Å²) in [6.45, 7) is 0. The molecule has 0 radical (unpaired) electrons. The first kappa shape index (κ1) is 16.1. The number of amides is 1. The van der Waals surface area contributed by atoms with Crippen molar-refractivity contribution < 1.29 is 4.79 Å². The molecule has 116 valence electrons. The lowest BCUT2D eigenvalue weighted by Crippen LogP contribution is -2.29. The Kier molecular flexibility index (Phi) is 5.01. The maximum Gasteiger partial charge on any atom is 0.253 e. The maximum absolute atomic E-state index is 12.6. The molecule has 0 aliphatic rings. The van der Waals surface area contributed by atoms with Crippen LogP contribution in [0.2, 0.25) is 10.0 Å². The summed E-state index contributed by atoms with van der Waals surface area (Å²) < 4.78 is 0. The summed E-state index contributed by atoms with van der Waals surface area (Å²) in [5.41, 5.74) is 1.39. The first-order valence-corrected chi connectivity index (χ1v) is 8.63. The molecule has 0 fully saturated rings. The van der Waals surface area contributed by atoms with Gasteiger partial charge in [0.15, 0.2) is 0 Å². The standard InChI is InChI=1S/C18H13Cl2NOS/c19-13-8-9-15(20)14(11-13)18(22)21-17(16-7-4-10-23-16)12-5-2-1-3-6-12/h1-11,17H,(H,21,22). The smallest absolute Gasteiger partial charge is 0.253 e. The van der Waals surface area contributed by atoms with Crippen LogP contribution in [-0.4, -0.2) is 5.91 Å². The van der Waals surface area contributed by atoms with Gasteiger partial charge in [0.25, 0.3) is 5.91 Å². The van der Waals surface area contributed by atoms with Crippen LogP contribution >= 0.6 is 34.5 Å². The average molecular weight is 362 g/mol. The van der Waals surface area contributed by atoms with Crippen LogP contribution in [0, 0.1) is 0 Å². The average Bonchev–Trinajstić information content (AvgIpc) is 3.09. The van der Waals surface area contributed by atoms with E-state index in [1.165, 1.54) is 0 Å². The second-order valence-electron chi connectivity index (χ2n) is 4.96. The van der Waals surface area contributed by atoms with Gasteiger partial charge in [-0.3, -0.25) is 4.79 Å². The molecule has 1 amide bonds. The Hall–Kier alpha value is -1.81. The fourth-order valence-corrected chi connectivity index (χ4v) is 3.48. The van der Waals surface area contributed by atoms with Crippen molar-refractivity contribution in [1.82, 2.24) is 5.32 Å². The summed E-state index contributed by atoms with van der Waals surface area (Å²) in [6, 6.07) is 18.4. The molecule has 5 heteroatoms. The Morgan fingerprint density at radius 2 is 1.78 bits per heavy atom. The van der Waals surface area contributed by atoms with E-state index in [-0.39, 0.29) is 11.9 Å². The van der Waals surface area contributed by atoms with Crippen LogP contribution in [0.4, 0.5) is 0 Å². The van der Waals surface area contributed by atoms with Gasteiger partial charge in [-0.1, -0.05) is 59.6 Å². The van der Waals surface area contributed by atoms with Crippen LogP contribution in [0.1, 0.15) is 26.8 Å². The van der Waals surface area contributed by atoms with Crippen molar-refractivity contribution in [2.75, 3.05) is 0 Å². The number of carbonyl (C=O) groups is 1. The first-order chi connectivity index (χ1) is 11.1. The molecule has 0 spiro atoms. The van der Waals surface area contributed by atoms with Gasteiger partial charge in [0.2, 0.25) is 0 Å². The molecular formula is C18H13Cl2NOS. The molecule has 1 heterocycles. The molecule has 0 aliphatic heterocycles. The van der Waals surface area contributed by atoms with Crippen molar-refractivity contribution in [3.63, 3.8) is 0 Å². The monoisotopic (exact) mass is 361 g/mol. The normalized spacial score (nSPS) is 11.9. The Morgan fingerprint density at radius 1 is 1.00 bits per heavy atom. The van der Waals surface area contributed by atoms with E-state index in [2.05, 4.69) is 5.32 Å². The van der Waals surface area contributed by atoms with Crippen LogP contribution < -0.4 is 5.32 Å². The van der Waals surface area contributed by atoms with Crippen molar-refractivity contribution in [1.29, 1.82) is 0 Å². The van der Waals surface area contributed by atoms with E-state index in [0.29, 0.717) is 15.6 Å². The number of hydrogen-bond donors (Lipinski definition) is 1. The molecule has 1 unspecified atom stereocenters. The predicted molar refractivity (Wildman–Crippen MR) is 96.5 cm³/mol. The highest BCUT2D eigenvalue weighted by molar-refractivity contribution is 7.10. The molecule has 3 aromatic rings. The lowest BCUT2D eigenvalue weighted by molar-refractivity contribution is 0.0943. The Balaban J connectivity index is 1.93. The molecule has 0 saturated heterocycles. The van der Waals surface area contributed by atoms with Gasteiger partial charge < -0.3 is 5.32 Å². The summed E-state index contributed by atoms with van der Waals surface area (Å²) in [5.74, 6) is -0.250.